The summed E-state index contributed by atoms with van der Waals surface area (Å²) in [5, 5.41) is 21.0. The molecule has 0 spiro atoms. The molecule has 0 saturated heterocycles. The van der Waals surface area contributed by atoms with Crippen molar-refractivity contribution in [3.05, 3.63) is 55.9 Å². The maximum atomic E-state index is 12.7. The van der Waals surface area contributed by atoms with E-state index in [2.05, 4.69) is 20.7 Å². The van der Waals surface area contributed by atoms with E-state index in [1.165, 1.54) is 42.1 Å². The third-order valence-electron chi connectivity index (χ3n) is 6.57. The Balaban J connectivity index is 1.75. The Morgan fingerprint density at radius 3 is 2.59 bits per heavy atom. The summed E-state index contributed by atoms with van der Waals surface area (Å²) in [5.74, 6) is -1.00. The molecule has 0 aliphatic heterocycles. The zero-order valence-electron chi connectivity index (χ0n) is 22.6. The number of amides is 1. The van der Waals surface area contributed by atoms with E-state index in [1.54, 1.807) is 7.05 Å². The highest BCUT2D eigenvalue weighted by atomic mass is 16.3. The third-order valence-corrected chi connectivity index (χ3v) is 6.57. The van der Waals surface area contributed by atoms with Crippen molar-refractivity contribution in [1.82, 2.24) is 19.7 Å². The fourth-order valence-electron chi connectivity index (χ4n) is 4.61. The molecule has 1 saturated carbocycles. The molecular weight excluding hydrogens is 436 g/mol. The lowest BCUT2D eigenvalue weighted by molar-refractivity contribution is 0.0819. The number of pyridine rings is 1. The van der Waals surface area contributed by atoms with E-state index in [4.69, 9.17) is 4.11 Å². The summed E-state index contributed by atoms with van der Waals surface area (Å²) in [7, 11) is 4.66. The summed E-state index contributed by atoms with van der Waals surface area (Å²) in [6, 6.07) is 0.719. The lowest BCUT2D eigenvalue weighted by atomic mass is 9.78. The van der Waals surface area contributed by atoms with Gasteiger partial charge in [0, 0.05) is 37.6 Å². The first kappa shape index (κ1) is 19.7. The van der Waals surface area contributed by atoms with Crippen LogP contribution in [0.15, 0.2) is 28.0 Å². The maximum absolute atomic E-state index is 12.7. The molecule has 10 heteroatoms. The average Bonchev–Trinajstić information content (AvgIpc) is 3.44. The fraction of sp³-hybridized carbons (Fsp3) is 0.458. The number of hydrogen-bond acceptors (Lipinski definition) is 8. The van der Waals surface area contributed by atoms with Crippen molar-refractivity contribution in [2.24, 2.45) is 12.5 Å². The largest absolute Gasteiger partial charge is 0.504 e. The van der Waals surface area contributed by atoms with E-state index in [1.807, 2.05) is 6.92 Å². The topological polar surface area (TPSA) is 129 Å². The van der Waals surface area contributed by atoms with Crippen LogP contribution in [0.3, 0.4) is 0 Å². The molecule has 1 aliphatic rings. The van der Waals surface area contributed by atoms with Gasteiger partial charge < -0.3 is 20.6 Å². The van der Waals surface area contributed by atoms with Crippen molar-refractivity contribution in [3.8, 4) is 5.75 Å². The Hall–Kier alpha value is -3.69. The zero-order chi connectivity index (χ0) is 27.3. The van der Waals surface area contributed by atoms with Crippen LogP contribution < -0.4 is 21.5 Å². The van der Waals surface area contributed by atoms with Crippen LogP contribution >= 0.6 is 0 Å². The Kier molecular flexibility index (Phi) is 4.99. The van der Waals surface area contributed by atoms with Crippen LogP contribution in [0, 0.1) is 12.3 Å². The molecule has 34 heavy (non-hydrogen) atoms. The minimum absolute atomic E-state index is 0.0260. The molecule has 10 nitrogen and oxygen atoms in total. The predicted molar refractivity (Wildman–Crippen MR) is 129 cm³/mol. The van der Waals surface area contributed by atoms with Crippen molar-refractivity contribution in [3.63, 3.8) is 0 Å². The first-order valence-corrected chi connectivity index (χ1v) is 11.0. The van der Waals surface area contributed by atoms with Crippen LogP contribution in [0.2, 0.25) is 0 Å². The summed E-state index contributed by atoms with van der Waals surface area (Å²) in [6.45, 7) is -0.409. The first-order chi connectivity index (χ1) is 17.2. The molecule has 0 bridgehead atoms. The normalized spacial score (nSPS) is 17.6. The van der Waals surface area contributed by atoms with Gasteiger partial charge in [-0.15, -0.1) is 0 Å². The quantitative estimate of drug-likeness (QED) is 0.450. The zero-order valence-corrected chi connectivity index (χ0v) is 19.6. The summed E-state index contributed by atoms with van der Waals surface area (Å²) in [5.41, 5.74) is -1.91. The number of aromatic nitrogens is 3. The van der Waals surface area contributed by atoms with Crippen molar-refractivity contribution in [2.75, 3.05) is 24.7 Å². The van der Waals surface area contributed by atoms with E-state index in [9.17, 15) is 19.5 Å². The molecule has 0 radical (unpaired) electrons. The lowest BCUT2D eigenvalue weighted by Crippen LogP contribution is -2.40. The SMILES string of the molecule is [2H]C([2H])([2H])c1cn(C)nc1C(Nc1c(Nc2ccnc(C(=O)N(C)C)c2O)c(=O)c1=O)C1(C)CCCC1. The molecule has 1 fully saturated rings. The van der Waals surface area contributed by atoms with E-state index >= 15 is 0 Å². The molecular formula is C24H30N6O4. The predicted octanol–water partition coefficient (Wildman–Crippen LogP) is 2.60. The van der Waals surface area contributed by atoms with Crippen molar-refractivity contribution in [1.29, 1.82) is 0 Å². The minimum Gasteiger partial charge on any atom is -0.504 e. The fourth-order valence-corrected chi connectivity index (χ4v) is 4.61. The smallest absolute Gasteiger partial charge is 0.275 e. The molecule has 3 aromatic rings. The Labute approximate surface area is 201 Å². The van der Waals surface area contributed by atoms with Crippen LogP contribution in [0.5, 0.6) is 5.75 Å². The van der Waals surface area contributed by atoms with Gasteiger partial charge in [0.1, 0.15) is 11.4 Å². The molecule has 1 aliphatic carbocycles. The van der Waals surface area contributed by atoms with Crippen molar-refractivity contribution < 1.29 is 14.0 Å². The van der Waals surface area contributed by atoms with E-state index in [-0.39, 0.29) is 28.3 Å². The second-order valence-corrected chi connectivity index (χ2v) is 9.33. The number of aryl methyl sites for hydroxylation is 2. The van der Waals surface area contributed by atoms with Gasteiger partial charge in [0.25, 0.3) is 16.8 Å². The van der Waals surface area contributed by atoms with Crippen LogP contribution in [-0.4, -0.2) is 44.8 Å². The number of hydrogen-bond donors (Lipinski definition) is 3. The number of carbonyl (C=O) groups excluding carboxylic acids is 1. The Bertz CT molecular complexity index is 1420. The number of anilines is 3. The average molecular weight is 470 g/mol. The van der Waals surface area contributed by atoms with E-state index < -0.39 is 40.8 Å². The number of carbonyl (C=O) groups is 1. The number of nitrogens with zero attached hydrogens (tertiary/aromatic N) is 4. The van der Waals surface area contributed by atoms with E-state index in [0.717, 1.165) is 25.7 Å². The van der Waals surface area contributed by atoms with Gasteiger partial charge in [-0.1, -0.05) is 19.8 Å². The Morgan fingerprint density at radius 1 is 1.26 bits per heavy atom. The number of nitrogens with one attached hydrogen (secondary N) is 2. The van der Waals surface area contributed by atoms with E-state index in [0.29, 0.717) is 5.69 Å². The molecule has 4 rings (SSSR count). The van der Waals surface area contributed by atoms with Gasteiger partial charge in [-0.3, -0.25) is 19.1 Å². The van der Waals surface area contributed by atoms with Crippen molar-refractivity contribution in [2.45, 2.75) is 45.5 Å². The molecule has 180 valence electrons. The van der Waals surface area contributed by atoms with Gasteiger partial charge in [0.05, 0.1) is 17.4 Å². The van der Waals surface area contributed by atoms with Crippen LogP contribution in [-0.2, 0) is 7.05 Å². The van der Waals surface area contributed by atoms with Crippen LogP contribution in [0.1, 0.15) is 64.5 Å². The highest BCUT2D eigenvalue weighted by Crippen LogP contribution is 2.49. The Morgan fingerprint density at radius 2 is 1.94 bits per heavy atom. The maximum Gasteiger partial charge on any atom is 0.275 e. The summed E-state index contributed by atoms with van der Waals surface area (Å²) >= 11 is 0. The minimum atomic E-state index is -2.43. The van der Waals surface area contributed by atoms with Gasteiger partial charge in [-0.2, -0.15) is 5.10 Å². The molecule has 1 amide bonds. The highest BCUT2D eigenvalue weighted by Gasteiger charge is 2.41. The number of aromatic hydroxyl groups is 1. The van der Waals surface area contributed by atoms with Gasteiger partial charge in [0.2, 0.25) is 0 Å². The van der Waals surface area contributed by atoms with Crippen LogP contribution in [0.4, 0.5) is 17.1 Å². The second kappa shape index (κ2) is 8.58. The monoisotopic (exact) mass is 469 g/mol. The molecule has 1 unspecified atom stereocenters. The van der Waals surface area contributed by atoms with Gasteiger partial charge in [-0.05, 0) is 36.7 Å². The molecule has 1 atom stereocenters. The van der Waals surface area contributed by atoms with Gasteiger partial charge in [-0.25, -0.2) is 4.98 Å². The lowest BCUT2D eigenvalue weighted by Gasteiger charge is -2.35. The number of rotatable bonds is 7. The summed E-state index contributed by atoms with van der Waals surface area (Å²) in [6.07, 6.45) is 6.19. The highest BCUT2D eigenvalue weighted by molar-refractivity contribution is 5.97. The second-order valence-electron chi connectivity index (χ2n) is 9.33. The first-order valence-electron chi connectivity index (χ1n) is 12.5. The summed E-state index contributed by atoms with van der Waals surface area (Å²) in [4.78, 5) is 42.8. The summed E-state index contributed by atoms with van der Waals surface area (Å²) < 4.78 is 25.5. The third kappa shape index (κ3) is 3.93. The van der Waals surface area contributed by atoms with Gasteiger partial charge >= 0.3 is 0 Å². The van der Waals surface area contributed by atoms with Gasteiger partial charge in [0.15, 0.2) is 11.4 Å². The molecule has 3 N–H and O–H groups in total. The molecule has 1 aromatic carbocycles. The molecule has 2 aromatic heterocycles. The van der Waals surface area contributed by atoms with Crippen molar-refractivity contribution >= 4 is 23.0 Å². The van der Waals surface area contributed by atoms with Crippen LogP contribution in [0.25, 0.3) is 0 Å². The molecule has 2 heterocycles. The standard InChI is InChI=1S/C24H30N6O4/c1-13-12-30(5)28-15(13)22(24(2)9-6-7-10-24)27-17-16(20(32)21(17)33)26-14-8-11-25-18(19(14)31)23(34)29(3)4/h8,11-12,22,27,31H,6-7,9-10H2,1-5H3,(H,25,26)/i1D3.